The normalized spacial score (nSPS) is 31.5. The van der Waals surface area contributed by atoms with Crippen LogP contribution >= 0.6 is 0 Å². The summed E-state index contributed by atoms with van der Waals surface area (Å²) in [4.78, 5) is 4.28. The average molecular weight is 156 g/mol. The van der Waals surface area contributed by atoms with Crippen LogP contribution in [0.25, 0.3) is 0 Å². The molecule has 1 saturated carbocycles. The minimum atomic E-state index is 0.431. The Bertz CT molecular complexity index is 136. The van der Waals surface area contributed by atoms with Gasteiger partial charge in [-0.15, -0.1) is 0 Å². The van der Waals surface area contributed by atoms with Crippen molar-refractivity contribution in [2.24, 2.45) is 4.99 Å². The summed E-state index contributed by atoms with van der Waals surface area (Å²) in [6.07, 6.45) is 5.24. The molecule has 2 atom stereocenters. The van der Waals surface area contributed by atoms with E-state index in [9.17, 15) is 0 Å². The molecule has 0 spiro atoms. The van der Waals surface area contributed by atoms with Crippen molar-refractivity contribution in [2.45, 2.75) is 31.3 Å². The number of hydrogen-bond donors (Lipinski definition) is 1. The lowest BCUT2D eigenvalue weighted by molar-refractivity contribution is 0.412. The zero-order valence-corrected chi connectivity index (χ0v) is 7.21. The van der Waals surface area contributed by atoms with Crippen LogP contribution in [0.3, 0.4) is 0 Å². The summed E-state index contributed by atoms with van der Waals surface area (Å²) in [7, 11) is 3.62. The zero-order chi connectivity index (χ0) is 8.10. The molecule has 0 bridgehead atoms. The molecular formula is C8H16N2O. The van der Waals surface area contributed by atoms with Crippen molar-refractivity contribution in [2.75, 3.05) is 14.2 Å². The Balaban J connectivity index is 2.37. The molecular weight excluding hydrogens is 140 g/mol. The molecule has 0 aromatic rings. The summed E-state index contributed by atoms with van der Waals surface area (Å²) in [5.74, 6) is 0. The number of methoxy groups -OCH3 is 1. The maximum Gasteiger partial charge on any atom is 0.169 e. The van der Waals surface area contributed by atoms with Crippen molar-refractivity contribution in [1.82, 2.24) is 5.32 Å². The van der Waals surface area contributed by atoms with Crippen molar-refractivity contribution < 1.29 is 4.74 Å². The van der Waals surface area contributed by atoms with E-state index in [1.54, 1.807) is 13.5 Å². The second kappa shape index (κ2) is 4.34. The van der Waals surface area contributed by atoms with E-state index in [4.69, 9.17) is 4.74 Å². The zero-order valence-electron chi connectivity index (χ0n) is 7.21. The standard InChI is InChI=1S/C8H16N2O/c1-9-7-4-3-5-8(7)10-6-11-2/h6-9H,3-5H2,1-2H3. The van der Waals surface area contributed by atoms with Gasteiger partial charge in [-0.25, -0.2) is 0 Å². The Morgan fingerprint density at radius 2 is 2.36 bits per heavy atom. The van der Waals surface area contributed by atoms with Gasteiger partial charge in [-0.1, -0.05) is 0 Å². The largest absolute Gasteiger partial charge is 0.487 e. The van der Waals surface area contributed by atoms with E-state index in [1.807, 2.05) is 7.05 Å². The van der Waals surface area contributed by atoms with Crippen LogP contribution in [0.2, 0.25) is 0 Å². The minimum absolute atomic E-state index is 0.431. The second-order valence-electron chi connectivity index (χ2n) is 2.88. The summed E-state index contributed by atoms with van der Waals surface area (Å²) in [6.45, 7) is 0. The summed E-state index contributed by atoms with van der Waals surface area (Å²) in [5.41, 5.74) is 0. The predicted octanol–water partition coefficient (Wildman–Crippen LogP) is 0.802. The van der Waals surface area contributed by atoms with Crippen LogP contribution < -0.4 is 5.32 Å². The monoisotopic (exact) mass is 156 g/mol. The summed E-state index contributed by atoms with van der Waals surface area (Å²) < 4.78 is 4.78. The molecule has 1 rings (SSSR count). The Morgan fingerprint density at radius 1 is 1.55 bits per heavy atom. The summed E-state index contributed by atoms with van der Waals surface area (Å²) in [6, 6.07) is 0.987. The van der Waals surface area contributed by atoms with E-state index in [-0.39, 0.29) is 0 Å². The second-order valence-corrected chi connectivity index (χ2v) is 2.88. The first kappa shape index (κ1) is 8.53. The molecule has 0 aliphatic heterocycles. The van der Waals surface area contributed by atoms with Gasteiger partial charge in [-0.05, 0) is 26.3 Å². The molecule has 3 heteroatoms. The molecule has 64 valence electrons. The van der Waals surface area contributed by atoms with Gasteiger partial charge in [0.1, 0.15) is 0 Å². The van der Waals surface area contributed by atoms with E-state index in [1.165, 1.54) is 19.3 Å². The van der Waals surface area contributed by atoms with E-state index in [2.05, 4.69) is 10.3 Å². The fraction of sp³-hybridized carbons (Fsp3) is 0.875. The van der Waals surface area contributed by atoms with Gasteiger partial charge >= 0.3 is 0 Å². The van der Waals surface area contributed by atoms with Gasteiger partial charge in [0.2, 0.25) is 0 Å². The van der Waals surface area contributed by atoms with E-state index >= 15 is 0 Å². The van der Waals surface area contributed by atoms with Crippen molar-refractivity contribution in [3.63, 3.8) is 0 Å². The Hall–Kier alpha value is -0.570. The van der Waals surface area contributed by atoms with Crippen LogP contribution in [0.1, 0.15) is 19.3 Å². The first-order valence-corrected chi connectivity index (χ1v) is 4.10. The fourth-order valence-electron chi connectivity index (χ4n) is 1.59. The van der Waals surface area contributed by atoms with Crippen molar-refractivity contribution in [1.29, 1.82) is 0 Å². The van der Waals surface area contributed by atoms with Gasteiger partial charge in [0, 0.05) is 6.04 Å². The molecule has 0 aromatic carbocycles. The molecule has 1 aliphatic rings. The van der Waals surface area contributed by atoms with Crippen LogP contribution in [0.5, 0.6) is 0 Å². The van der Waals surface area contributed by atoms with E-state index < -0.39 is 0 Å². The Labute approximate surface area is 67.8 Å². The summed E-state index contributed by atoms with van der Waals surface area (Å²) >= 11 is 0. The lowest BCUT2D eigenvalue weighted by Gasteiger charge is -2.13. The van der Waals surface area contributed by atoms with Gasteiger partial charge in [0.25, 0.3) is 0 Å². The van der Waals surface area contributed by atoms with Crippen LogP contribution in [0.15, 0.2) is 4.99 Å². The van der Waals surface area contributed by atoms with Gasteiger partial charge in [-0.3, -0.25) is 4.99 Å². The minimum Gasteiger partial charge on any atom is -0.487 e. The van der Waals surface area contributed by atoms with Gasteiger partial charge < -0.3 is 10.1 Å². The molecule has 0 aromatic heterocycles. The third kappa shape index (κ3) is 2.19. The number of ether oxygens (including phenoxy) is 1. The van der Waals surface area contributed by atoms with Crippen LogP contribution in [-0.2, 0) is 4.74 Å². The molecule has 0 heterocycles. The molecule has 1 aliphatic carbocycles. The third-order valence-electron chi connectivity index (χ3n) is 2.21. The molecule has 11 heavy (non-hydrogen) atoms. The topological polar surface area (TPSA) is 33.6 Å². The quantitative estimate of drug-likeness (QED) is 0.484. The number of hydrogen-bond acceptors (Lipinski definition) is 3. The highest BCUT2D eigenvalue weighted by Crippen LogP contribution is 2.21. The van der Waals surface area contributed by atoms with Crippen LogP contribution in [0, 0.1) is 0 Å². The van der Waals surface area contributed by atoms with Crippen molar-refractivity contribution >= 4 is 6.40 Å². The maximum atomic E-state index is 4.78. The number of likely N-dealkylation sites (N-methyl/N-ethyl adjacent to an activating group) is 1. The SMILES string of the molecule is CNC1CCCC1N=COC. The third-order valence-corrected chi connectivity index (χ3v) is 2.21. The Kier molecular flexibility index (Phi) is 3.36. The van der Waals surface area contributed by atoms with E-state index in [0.717, 1.165) is 0 Å². The maximum absolute atomic E-state index is 4.78. The highest BCUT2D eigenvalue weighted by Gasteiger charge is 2.24. The molecule has 0 radical (unpaired) electrons. The van der Waals surface area contributed by atoms with E-state index in [0.29, 0.717) is 12.1 Å². The van der Waals surface area contributed by atoms with Gasteiger partial charge in [0.15, 0.2) is 6.40 Å². The predicted molar refractivity (Wildman–Crippen MR) is 46.0 cm³/mol. The number of aliphatic imine (C=N–C) groups is 1. The summed E-state index contributed by atoms with van der Waals surface area (Å²) in [5, 5.41) is 3.25. The lowest BCUT2D eigenvalue weighted by Crippen LogP contribution is -2.31. The first-order valence-electron chi connectivity index (χ1n) is 4.10. The highest BCUT2D eigenvalue weighted by atomic mass is 16.5. The van der Waals surface area contributed by atoms with Crippen molar-refractivity contribution in [3.05, 3.63) is 0 Å². The van der Waals surface area contributed by atoms with Gasteiger partial charge in [0.05, 0.1) is 13.2 Å². The lowest BCUT2D eigenvalue weighted by atomic mass is 10.2. The molecule has 1 fully saturated rings. The van der Waals surface area contributed by atoms with Crippen LogP contribution in [-0.4, -0.2) is 32.6 Å². The molecule has 0 amide bonds. The average Bonchev–Trinajstić information content (AvgIpc) is 2.47. The first-order chi connectivity index (χ1) is 5.38. The Morgan fingerprint density at radius 3 is 3.00 bits per heavy atom. The molecule has 1 N–H and O–H groups in total. The number of nitrogens with one attached hydrogen (secondary N) is 1. The van der Waals surface area contributed by atoms with Crippen molar-refractivity contribution in [3.8, 4) is 0 Å². The molecule has 0 saturated heterocycles. The molecule has 3 nitrogen and oxygen atoms in total. The fourth-order valence-corrected chi connectivity index (χ4v) is 1.59. The van der Waals surface area contributed by atoms with Gasteiger partial charge in [-0.2, -0.15) is 0 Å². The number of rotatable bonds is 3. The number of nitrogens with zero attached hydrogens (tertiary/aromatic N) is 1. The highest BCUT2D eigenvalue weighted by molar-refractivity contribution is 5.46. The van der Waals surface area contributed by atoms with Crippen LogP contribution in [0.4, 0.5) is 0 Å². The molecule has 2 unspecified atom stereocenters. The smallest absolute Gasteiger partial charge is 0.169 e.